The van der Waals surface area contributed by atoms with Crippen LogP contribution >= 0.6 is 0 Å². The summed E-state index contributed by atoms with van der Waals surface area (Å²) in [5, 5.41) is 21.6. The molecule has 4 rings (SSSR count). The van der Waals surface area contributed by atoms with Crippen LogP contribution in [-0.4, -0.2) is 44.8 Å². The maximum Gasteiger partial charge on any atom is 0.263 e. The average Bonchev–Trinajstić information content (AvgIpc) is 3.50. The summed E-state index contributed by atoms with van der Waals surface area (Å²) in [6, 6.07) is 11.0. The molecule has 2 atom stereocenters. The van der Waals surface area contributed by atoms with E-state index < -0.39 is 11.7 Å². The van der Waals surface area contributed by atoms with Gasteiger partial charge in [0.15, 0.2) is 0 Å². The summed E-state index contributed by atoms with van der Waals surface area (Å²) in [5.41, 5.74) is -0.211. The number of rotatable bonds is 3. The first-order valence-corrected chi connectivity index (χ1v) is 9.39. The molecule has 2 aliphatic rings. The molecule has 27 heavy (non-hydrogen) atoms. The van der Waals surface area contributed by atoms with Crippen molar-refractivity contribution in [3.05, 3.63) is 69.6 Å². The lowest BCUT2D eigenvalue weighted by Crippen LogP contribution is -2.55. The second kappa shape index (κ2) is 6.62. The van der Waals surface area contributed by atoms with E-state index in [4.69, 9.17) is 0 Å². The predicted molar refractivity (Wildman–Crippen MR) is 101 cm³/mol. The fourth-order valence-electron chi connectivity index (χ4n) is 3.87. The fraction of sp³-hybridized carbons (Fsp3) is 0.429. The first-order valence-electron chi connectivity index (χ1n) is 9.39. The maximum absolute atomic E-state index is 13.0. The van der Waals surface area contributed by atoms with E-state index in [1.54, 1.807) is 35.9 Å². The number of hydrogen-bond acceptors (Lipinski definition) is 4. The SMILES string of the molecule is Cc1ccn(C2CC2)c(=O)c1C(=O)N1CC[C@](O)(c2ccccc2)[C@@H](O)C1. The van der Waals surface area contributed by atoms with Crippen molar-refractivity contribution < 1.29 is 15.0 Å². The fourth-order valence-corrected chi connectivity index (χ4v) is 3.87. The van der Waals surface area contributed by atoms with Gasteiger partial charge in [-0.15, -0.1) is 0 Å². The van der Waals surface area contributed by atoms with Crippen molar-refractivity contribution >= 4 is 5.91 Å². The lowest BCUT2D eigenvalue weighted by Gasteiger charge is -2.42. The summed E-state index contributed by atoms with van der Waals surface area (Å²) < 4.78 is 1.64. The molecule has 1 aliphatic heterocycles. The number of pyridine rings is 1. The molecule has 0 unspecified atom stereocenters. The second-order valence-electron chi connectivity index (χ2n) is 7.62. The lowest BCUT2D eigenvalue weighted by atomic mass is 9.82. The highest BCUT2D eigenvalue weighted by atomic mass is 16.3. The summed E-state index contributed by atoms with van der Waals surface area (Å²) in [4.78, 5) is 27.3. The van der Waals surface area contributed by atoms with Gasteiger partial charge < -0.3 is 19.7 Å². The highest BCUT2D eigenvalue weighted by Gasteiger charge is 2.43. The van der Waals surface area contributed by atoms with Gasteiger partial charge in [0.05, 0.1) is 6.54 Å². The molecule has 1 aromatic carbocycles. The van der Waals surface area contributed by atoms with Gasteiger partial charge in [-0.3, -0.25) is 9.59 Å². The number of aliphatic hydroxyl groups is 2. The molecule has 1 saturated heterocycles. The Morgan fingerprint density at radius 2 is 1.89 bits per heavy atom. The van der Waals surface area contributed by atoms with Crippen LogP contribution in [-0.2, 0) is 5.60 Å². The first kappa shape index (κ1) is 17.9. The van der Waals surface area contributed by atoms with Gasteiger partial charge in [-0.25, -0.2) is 0 Å². The molecule has 1 saturated carbocycles. The van der Waals surface area contributed by atoms with Crippen molar-refractivity contribution in [2.24, 2.45) is 0 Å². The Morgan fingerprint density at radius 3 is 2.52 bits per heavy atom. The number of aromatic nitrogens is 1. The van der Waals surface area contributed by atoms with Gasteiger partial charge in [-0.05, 0) is 37.0 Å². The van der Waals surface area contributed by atoms with Crippen LogP contribution < -0.4 is 5.56 Å². The number of amides is 1. The maximum atomic E-state index is 13.0. The van der Waals surface area contributed by atoms with Gasteiger partial charge in [0.1, 0.15) is 17.3 Å². The van der Waals surface area contributed by atoms with Crippen LogP contribution in [0, 0.1) is 6.92 Å². The summed E-state index contributed by atoms with van der Waals surface area (Å²) in [6.07, 6.45) is 2.77. The summed E-state index contributed by atoms with van der Waals surface area (Å²) in [6.45, 7) is 2.02. The highest BCUT2D eigenvalue weighted by Crippen LogP contribution is 2.35. The Kier molecular flexibility index (Phi) is 4.40. The Hall–Kier alpha value is -2.44. The largest absolute Gasteiger partial charge is 0.388 e. The van der Waals surface area contributed by atoms with Crippen LogP contribution in [0.15, 0.2) is 47.4 Å². The Morgan fingerprint density at radius 1 is 1.19 bits per heavy atom. The second-order valence-corrected chi connectivity index (χ2v) is 7.62. The van der Waals surface area contributed by atoms with Crippen LogP contribution in [0.25, 0.3) is 0 Å². The quantitative estimate of drug-likeness (QED) is 0.862. The normalized spacial score (nSPS) is 25.4. The molecule has 2 heterocycles. The molecule has 0 bridgehead atoms. The Labute approximate surface area is 157 Å². The van der Waals surface area contributed by atoms with Gasteiger partial charge >= 0.3 is 0 Å². The van der Waals surface area contributed by atoms with E-state index in [1.165, 1.54) is 4.90 Å². The van der Waals surface area contributed by atoms with E-state index in [9.17, 15) is 19.8 Å². The lowest BCUT2D eigenvalue weighted by molar-refractivity contribution is -0.118. The number of β-amino-alcohol motifs (C(OH)–C–C–N with tert-alkyl or cyclic N) is 1. The Bertz CT molecular complexity index is 920. The zero-order chi connectivity index (χ0) is 19.2. The number of likely N-dealkylation sites (tertiary alicyclic amines) is 1. The zero-order valence-electron chi connectivity index (χ0n) is 15.3. The minimum atomic E-state index is -1.39. The molecule has 1 aromatic heterocycles. The minimum Gasteiger partial charge on any atom is -0.388 e. The molecule has 1 aliphatic carbocycles. The number of piperidine rings is 1. The first-order chi connectivity index (χ1) is 12.9. The molecule has 2 fully saturated rings. The summed E-state index contributed by atoms with van der Waals surface area (Å²) >= 11 is 0. The van der Waals surface area contributed by atoms with Crippen molar-refractivity contribution in [1.29, 1.82) is 0 Å². The van der Waals surface area contributed by atoms with E-state index in [0.717, 1.165) is 12.8 Å². The van der Waals surface area contributed by atoms with Gasteiger partial charge in [0.25, 0.3) is 11.5 Å². The monoisotopic (exact) mass is 368 g/mol. The zero-order valence-corrected chi connectivity index (χ0v) is 15.3. The predicted octanol–water partition coefficient (Wildman–Crippen LogP) is 1.59. The molecular weight excluding hydrogens is 344 g/mol. The van der Waals surface area contributed by atoms with E-state index in [-0.39, 0.29) is 42.6 Å². The van der Waals surface area contributed by atoms with E-state index in [1.807, 2.05) is 18.2 Å². The minimum absolute atomic E-state index is 0.0125. The molecular formula is C21H24N2O4. The molecule has 6 nitrogen and oxygen atoms in total. The molecule has 1 amide bonds. The number of carbonyl (C=O) groups is 1. The molecule has 0 spiro atoms. The van der Waals surface area contributed by atoms with Crippen LogP contribution in [0.1, 0.15) is 46.8 Å². The van der Waals surface area contributed by atoms with Crippen molar-refractivity contribution in [3.8, 4) is 0 Å². The van der Waals surface area contributed by atoms with E-state index >= 15 is 0 Å². The van der Waals surface area contributed by atoms with Gasteiger partial charge in [-0.2, -0.15) is 0 Å². The smallest absolute Gasteiger partial charge is 0.263 e. The third-order valence-electron chi connectivity index (χ3n) is 5.75. The number of carbonyl (C=O) groups excluding carboxylic acids is 1. The molecule has 0 radical (unpaired) electrons. The number of hydrogen-bond donors (Lipinski definition) is 2. The average molecular weight is 368 g/mol. The number of benzene rings is 1. The number of aliphatic hydroxyl groups excluding tert-OH is 1. The topological polar surface area (TPSA) is 82.8 Å². The third-order valence-corrected chi connectivity index (χ3v) is 5.75. The van der Waals surface area contributed by atoms with Crippen LogP contribution in [0.3, 0.4) is 0 Å². The Balaban J connectivity index is 1.59. The number of aryl methyl sites for hydroxylation is 1. The van der Waals surface area contributed by atoms with Crippen molar-refractivity contribution in [2.45, 2.75) is 43.9 Å². The standard InChI is InChI=1S/C21H24N2O4/c1-14-9-11-23(16-7-8-16)20(26)18(14)19(25)22-12-10-21(27,17(24)13-22)15-5-3-2-4-6-15/h2-6,9,11,16-17,24,27H,7-8,10,12-13H2,1H3/t17-,21-/m0/s1. The van der Waals surface area contributed by atoms with E-state index in [0.29, 0.717) is 11.1 Å². The van der Waals surface area contributed by atoms with Gasteiger partial charge in [0.2, 0.25) is 0 Å². The van der Waals surface area contributed by atoms with Gasteiger partial charge in [-0.1, -0.05) is 30.3 Å². The van der Waals surface area contributed by atoms with Crippen molar-refractivity contribution in [2.75, 3.05) is 13.1 Å². The third kappa shape index (κ3) is 3.09. The van der Waals surface area contributed by atoms with Crippen LogP contribution in [0.5, 0.6) is 0 Å². The number of nitrogens with zero attached hydrogens (tertiary/aromatic N) is 2. The summed E-state index contributed by atoms with van der Waals surface area (Å²) in [7, 11) is 0. The van der Waals surface area contributed by atoms with Crippen LogP contribution in [0.2, 0.25) is 0 Å². The molecule has 2 N–H and O–H groups in total. The van der Waals surface area contributed by atoms with Gasteiger partial charge in [0, 0.05) is 25.2 Å². The summed E-state index contributed by atoms with van der Waals surface area (Å²) in [5.74, 6) is -0.373. The highest BCUT2D eigenvalue weighted by molar-refractivity contribution is 5.95. The van der Waals surface area contributed by atoms with E-state index in [2.05, 4.69) is 0 Å². The molecule has 6 heteroatoms. The van der Waals surface area contributed by atoms with Crippen molar-refractivity contribution in [1.82, 2.24) is 9.47 Å². The van der Waals surface area contributed by atoms with Crippen molar-refractivity contribution in [3.63, 3.8) is 0 Å². The van der Waals surface area contributed by atoms with Crippen LogP contribution in [0.4, 0.5) is 0 Å². The molecule has 2 aromatic rings. The molecule has 142 valence electrons.